The number of hydrogen-bond donors (Lipinski definition) is 2. The average Bonchev–Trinajstić information content (AvgIpc) is 2.40. The van der Waals surface area contributed by atoms with Crippen LogP contribution in [0.3, 0.4) is 0 Å². The van der Waals surface area contributed by atoms with Crippen molar-refractivity contribution in [2.75, 3.05) is 19.6 Å². The Balaban J connectivity index is 1.94. The number of hydrogen-bond acceptors (Lipinski definition) is 2. The maximum absolute atomic E-state index is 3.66. The van der Waals surface area contributed by atoms with Crippen LogP contribution in [-0.2, 0) is 0 Å². The van der Waals surface area contributed by atoms with Crippen LogP contribution in [0.5, 0.6) is 0 Å². The van der Waals surface area contributed by atoms with Crippen molar-refractivity contribution in [3.8, 4) is 0 Å². The summed E-state index contributed by atoms with van der Waals surface area (Å²) in [5.74, 6) is 1.99. The van der Waals surface area contributed by atoms with Crippen LogP contribution in [0.1, 0.15) is 79.1 Å². The lowest BCUT2D eigenvalue weighted by molar-refractivity contribution is 0.253. The molecule has 1 rings (SSSR count). The van der Waals surface area contributed by atoms with Gasteiger partial charge in [-0.15, -0.1) is 0 Å². The lowest BCUT2D eigenvalue weighted by Gasteiger charge is -2.28. The Bertz CT molecular complexity index is 224. The van der Waals surface area contributed by atoms with Gasteiger partial charge in [0.1, 0.15) is 0 Å². The van der Waals surface area contributed by atoms with E-state index in [1.54, 1.807) is 0 Å². The largest absolute Gasteiger partial charge is 0.316 e. The molecule has 0 aromatic carbocycles. The third kappa shape index (κ3) is 8.97. The fraction of sp³-hybridized carbons (Fsp3) is 1.00. The molecule has 0 heterocycles. The summed E-state index contributed by atoms with van der Waals surface area (Å²) in [5, 5.41) is 7.21. The quantitative estimate of drug-likeness (QED) is 0.614. The zero-order valence-electron chi connectivity index (χ0n) is 14.4. The van der Waals surface area contributed by atoms with E-state index < -0.39 is 0 Å². The minimum absolute atomic E-state index is 0.261. The highest BCUT2D eigenvalue weighted by atomic mass is 14.9. The first-order chi connectivity index (χ1) is 9.51. The van der Waals surface area contributed by atoms with Gasteiger partial charge >= 0.3 is 0 Å². The highest BCUT2D eigenvalue weighted by Gasteiger charge is 2.20. The molecule has 2 N–H and O–H groups in total. The van der Waals surface area contributed by atoms with Gasteiger partial charge in [-0.3, -0.25) is 0 Å². The Morgan fingerprint density at radius 2 is 1.55 bits per heavy atom. The lowest BCUT2D eigenvalue weighted by Crippen LogP contribution is -2.37. The van der Waals surface area contributed by atoms with E-state index in [1.807, 2.05) is 0 Å². The van der Waals surface area contributed by atoms with Gasteiger partial charge in [0.2, 0.25) is 0 Å². The predicted molar refractivity (Wildman–Crippen MR) is 90.2 cm³/mol. The van der Waals surface area contributed by atoms with Crippen molar-refractivity contribution in [2.45, 2.75) is 84.6 Å². The van der Waals surface area contributed by atoms with Gasteiger partial charge in [-0.1, -0.05) is 39.0 Å². The van der Waals surface area contributed by atoms with Crippen molar-refractivity contribution in [1.29, 1.82) is 0 Å². The van der Waals surface area contributed by atoms with Gasteiger partial charge < -0.3 is 10.6 Å². The van der Waals surface area contributed by atoms with E-state index >= 15 is 0 Å². The van der Waals surface area contributed by atoms with E-state index in [0.29, 0.717) is 0 Å². The zero-order valence-corrected chi connectivity index (χ0v) is 14.4. The van der Waals surface area contributed by atoms with E-state index in [2.05, 4.69) is 38.3 Å². The summed E-state index contributed by atoms with van der Waals surface area (Å²) in [4.78, 5) is 0. The molecule has 1 fully saturated rings. The number of unbranched alkanes of at least 4 members (excludes halogenated alkanes) is 1. The molecule has 0 spiro atoms. The smallest absolute Gasteiger partial charge is 0.00965 e. The lowest BCUT2D eigenvalue weighted by atomic mass is 9.80. The fourth-order valence-electron chi connectivity index (χ4n) is 3.20. The van der Waals surface area contributed by atoms with Crippen LogP contribution in [0.2, 0.25) is 0 Å². The van der Waals surface area contributed by atoms with Gasteiger partial charge in [-0.05, 0) is 71.5 Å². The molecule has 0 unspecified atom stereocenters. The molecule has 1 aliphatic rings. The van der Waals surface area contributed by atoms with E-state index in [9.17, 15) is 0 Å². The Morgan fingerprint density at radius 3 is 2.15 bits per heavy atom. The predicted octanol–water partition coefficient (Wildman–Crippen LogP) is 4.35. The molecule has 2 heteroatoms. The van der Waals surface area contributed by atoms with Crippen LogP contribution in [0, 0.1) is 11.8 Å². The molecule has 0 aromatic rings. The molecule has 20 heavy (non-hydrogen) atoms. The van der Waals surface area contributed by atoms with Crippen molar-refractivity contribution in [3.05, 3.63) is 0 Å². The third-order valence-corrected chi connectivity index (χ3v) is 4.55. The highest BCUT2D eigenvalue weighted by molar-refractivity contribution is 4.74. The Kier molecular flexibility index (Phi) is 8.79. The summed E-state index contributed by atoms with van der Waals surface area (Å²) < 4.78 is 0. The molecule has 0 atom stereocenters. The maximum atomic E-state index is 3.66. The molecule has 1 aliphatic carbocycles. The van der Waals surface area contributed by atoms with Crippen LogP contribution < -0.4 is 10.6 Å². The van der Waals surface area contributed by atoms with Crippen LogP contribution in [-0.4, -0.2) is 25.2 Å². The second kappa shape index (κ2) is 9.78. The molecule has 1 saturated carbocycles. The molecule has 0 bridgehead atoms. The average molecular weight is 283 g/mol. The Labute approximate surface area is 127 Å². The van der Waals surface area contributed by atoms with Gasteiger partial charge in [0.05, 0.1) is 0 Å². The molecule has 0 aliphatic heterocycles. The molecular weight excluding hydrogens is 244 g/mol. The second-order valence-electron chi connectivity index (χ2n) is 7.76. The summed E-state index contributed by atoms with van der Waals surface area (Å²) in [7, 11) is 0. The minimum atomic E-state index is 0.261. The van der Waals surface area contributed by atoms with Crippen molar-refractivity contribution in [1.82, 2.24) is 10.6 Å². The van der Waals surface area contributed by atoms with Gasteiger partial charge in [0.25, 0.3) is 0 Å². The van der Waals surface area contributed by atoms with Crippen molar-refractivity contribution >= 4 is 0 Å². The standard InChI is InChI=1S/C18H38N2/c1-5-6-8-16-9-11-17(12-10-16)15-19-13-7-14-20-18(2,3)4/h16-17,19-20H,5-15H2,1-4H3. The van der Waals surface area contributed by atoms with Crippen LogP contribution >= 0.6 is 0 Å². The monoisotopic (exact) mass is 282 g/mol. The third-order valence-electron chi connectivity index (χ3n) is 4.55. The molecule has 120 valence electrons. The summed E-state index contributed by atoms with van der Waals surface area (Å²) in [6, 6.07) is 0. The van der Waals surface area contributed by atoms with Crippen LogP contribution in [0.15, 0.2) is 0 Å². The van der Waals surface area contributed by atoms with Gasteiger partial charge in [0.15, 0.2) is 0 Å². The molecule has 0 amide bonds. The van der Waals surface area contributed by atoms with Gasteiger partial charge in [-0.2, -0.15) is 0 Å². The van der Waals surface area contributed by atoms with E-state index in [-0.39, 0.29) is 5.54 Å². The summed E-state index contributed by atoms with van der Waals surface area (Å²) in [5.41, 5.74) is 0.261. The minimum Gasteiger partial charge on any atom is -0.316 e. The van der Waals surface area contributed by atoms with Gasteiger partial charge in [-0.25, -0.2) is 0 Å². The molecule has 0 radical (unpaired) electrons. The van der Waals surface area contributed by atoms with E-state index in [1.165, 1.54) is 64.5 Å². The SMILES string of the molecule is CCCCC1CCC(CNCCCNC(C)(C)C)CC1. The normalized spacial score (nSPS) is 24.0. The van der Waals surface area contributed by atoms with Crippen molar-refractivity contribution in [2.24, 2.45) is 11.8 Å². The summed E-state index contributed by atoms with van der Waals surface area (Å²) in [6.07, 6.45) is 11.4. The second-order valence-corrected chi connectivity index (χ2v) is 7.76. The molecule has 0 aromatic heterocycles. The highest BCUT2D eigenvalue weighted by Crippen LogP contribution is 2.31. The first-order valence-electron chi connectivity index (χ1n) is 8.97. The van der Waals surface area contributed by atoms with Crippen LogP contribution in [0.4, 0.5) is 0 Å². The summed E-state index contributed by atoms with van der Waals surface area (Å²) in [6.45, 7) is 12.5. The Morgan fingerprint density at radius 1 is 0.900 bits per heavy atom. The molecule has 2 nitrogen and oxygen atoms in total. The maximum Gasteiger partial charge on any atom is 0.00965 e. The topological polar surface area (TPSA) is 24.1 Å². The summed E-state index contributed by atoms with van der Waals surface area (Å²) >= 11 is 0. The molecular formula is C18H38N2. The van der Waals surface area contributed by atoms with Gasteiger partial charge in [0, 0.05) is 5.54 Å². The first kappa shape index (κ1) is 18.0. The first-order valence-corrected chi connectivity index (χ1v) is 8.97. The number of rotatable bonds is 9. The fourth-order valence-corrected chi connectivity index (χ4v) is 3.20. The van der Waals surface area contributed by atoms with Crippen molar-refractivity contribution in [3.63, 3.8) is 0 Å². The van der Waals surface area contributed by atoms with Crippen molar-refractivity contribution < 1.29 is 0 Å². The Hall–Kier alpha value is -0.0800. The van der Waals surface area contributed by atoms with E-state index in [4.69, 9.17) is 0 Å². The molecule has 0 saturated heterocycles. The van der Waals surface area contributed by atoms with E-state index in [0.717, 1.165) is 18.4 Å². The van der Waals surface area contributed by atoms with Crippen LogP contribution in [0.25, 0.3) is 0 Å². The zero-order chi connectivity index (χ0) is 14.8. The number of nitrogens with one attached hydrogen (secondary N) is 2.